The number of hydrogen-bond donors (Lipinski definition) is 3. The predicted molar refractivity (Wildman–Crippen MR) is 64.0 cm³/mol. The van der Waals surface area contributed by atoms with Crippen LogP contribution in [0.15, 0.2) is 24.7 Å². The van der Waals surface area contributed by atoms with E-state index < -0.39 is 0 Å². The van der Waals surface area contributed by atoms with Gasteiger partial charge in [0.25, 0.3) is 0 Å². The number of aromatic amines is 1. The maximum absolute atomic E-state index is 8.70. The Morgan fingerprint density at radius 3 is 2.94 bits per heavy atom. The Kier molecular flexibility index (Phi) is 2.92. The molecular formula is C11H12N6. The molecule has 0 aromatic carbocycles. The summed E-state index contributed by atoms with van der Waals surface area (Å²) in [5, 5.41) is 11.8. The smallest absolute Gasteiger partial charge is 0.149 e. The summed E-state index contributed by atoms with van der Waals surface area (Å²) in [4.78, 5) is 11.2. The van der Waals surface area contributed by atoms with E-state index in [1.54, 1.807) is 18.5 Å². The van der Waals surface area contributed by atoms with E-state index in [1.165, 1.54) is 6.20 Å². The van der Waals surface area contributed by atoms with Gasteiger partial charge in [-0.25, -0.2) is 9.97 Å². The lowest BCUT2D eigenvalue weighted by Gasteiger charge is -2.13. The predicted octanol–water partition coefficient (Wildman–Crippen LogP) is 1.43. The summed E-state index contributed by atoms with van der Waals surface area (Å²) >= 11 is 0. The molecule has 86 valence electrons. The fourth-order valence-electron chi connectivity index (χ4n) is 1.45. The molecule has 0 aliphatic heterocycles. The zero-order valence-corrected chi connectivity index (χ0v) is 9.31. The number of nitrogens with two attached hydrogens (primary N) is 1. The minimum Gasteiger partial charge on any atom is -0.396 e. The first-order chi connectivity index (χ1) is 8.20. The van der Waals surface area contributed by atoms with Crippen LogP contribution in [0.2, 0.25) is 0 Å². The lowest BCUT2D eigenvalue weighted by molar-refractivity contribution is 0.804. The van der Waals surface area contributed by atoms with Crippen LogP contribution >= 0.6 is 0 Å². The summed E-state index contributed by atoms with van der Waals surface area (Å²) in [6.45, 7) is 1.94. The number of nitrogen functional groups attached to an aromatic ring is 1. The van der Waals surface area contributed by atoms with Crippen molar-refractivity contribution in [3.05, 3.63) is 36.0 Å². The molecule has 0 amide bonds. The van der Waals surface area contributed by atoms with E-state index in [1.807, 2.05) is 13.0 Å². The van der Waals surface area contributed by atoms with Gasteiger partial charge in [0.1, 0.15) is 17.7 Å². The highest BCUT2D eigenvalue weighted by molar-refractivity contribution is 5.63. The van der Waals surface area contributed by atoms with Crippen molar-refractivity contribution in [2.45, 2.75) is 13.0 Å². The quantitative estimate of drug-likeness (QED) is 0.737. The van der Waals surface area contributed by atoms with Crippen molar-refractivity contribution in [2.24, 2.45) is 0 Å². The second kappa shape index (κ2) is 4.53. The van der Waals surface area contributed by atoms with Crippen LogP contribution in [-0.2, 0) is 0 Å². The van der Waals surface area contributed by atoms with Crippen molar-refractivity contribution in [1.82, 2.24) is 15.0 Å². The van der Waals surface area contributed by atoms with Crippen LogP contribution in [0.25, 0.3) is 0 Å². The highest BCUT2D eigenvalue weighted by Crippen LogP contribution is 2.20. The molecule has 0 radical (unpaired) electrons. The molecule has 0 saturated heterocycles. The van der Waals surface area contributed by atoms with Crippen molar-refractivity contribution in [1.29, 1.82) is 5.26 Å². The molecule has 6 heteroatoms. The van der Waals surface area contributed by atoms with E-state index in [-0.39, 0.29) is 6.04 Å². The van der Waals surface area contributed by atoms with Gasteiger partial charge in [-0.05, 0) is 13.0 Å². The summed E-state index contributed by atoms with van der Waals surface area (Å²) in [6, 6.07) is 3.54. The van der Waals surface area contributed by atoms with E-state index in [2.05, 4.69) is 20.3 Å². The van der Waals surface area contributed by atoms with Crippen LogP contribution in [-0.4, -0.2) is 15.0 Å². The number of nitriles is 1. The van der Waals surface area contributed by atoms with Crippen molar-refractivity contribution in [3.8, 4) is 6.07 Å². The molecular weight excluding hydrogens is 216 g/mol. The number of nitrogens with one attached hydrogen (secondary N) is 2. The molecule has 4 N–H and O–H groups in total. The van der Waals surface area contributed by atoms with Crippen LogP contribution < -0.4 is 11.1 Å². The monoisotopic (exact) mass is 228 g/mol. The number of pyridine rings is 1. The molecule has 1 unspecified atom stereocenters. The van der Waals surface area contributed by atoms with Gasteiger partial charge in [0.15, 0.2) is 0 Å². The Morgan fingerprint density at radius 2 is 2.35 bits per heavy atom. The Balaban J connectivity index is 2.17. The van der Waals surface area contributed by atoms with E-state index in [0.717, 1.165) is 5.82 Å². The molecule has 2 aromatic heterocycles. The number of rotatable bonds is 3. The number of anilines is 2. The number of aromatic nitrogens is 3. The molecule has 0 saturated carbocycles. The molecule has 2 heterocycles. The van der Waals surface area contributed by atoms with Gasteiger partial charge in [-0.15, -0.1) is 0 Å². The first-order valence-corrected chi connectivity index (χ1v) is 5.12. The Morgan fingerprint density at radius 1 is 1.53 bits per heavy atom. The fraction of sp³-hybridized carbons (Fsp3) is 0.182. The molecule has 0 fully saturated rings. The van der Waals surface area contributed by atoms with Crippen molar-refractivity contribution in [2.75, 3.05) is 11.1 Å². The lowest BCUT2D eigenvalue weighted by atomic mass is 10.2. The van der Waals surface area contributed by atoms with Crippen LogP contribution in [0.4, 0.5) is 11.5 Å². The molecule has 2 rings (SSSR count). The van der Waals surface area contributed by atoms with Gasteiger partial charge in [0.05, 0.1) is 17.3 Å². The zero-order chi connectivity index (χ0) is 12.3. The summed E-state index contributed by atoms with van der Waals surface area (Å²) in [5.74, 6) is 1.35. The zero-order valence-electron chi connectivity index (χ0n) is 9.31. The van der Waals surface area contributed by atoms with Crippen LogP contribution in [0.5, 0.6) is 0 Å². The Hall–Kier alpha value is -2.55. The normalized spacial score (nSPS) is 11.8. The van der Waals surface area contributed by atoms with E-state index in [4.69, 9.17) is 11.0 Å². The highest BCUT2D eigenvalue weighted by Gasteiger charge is 2.10. The third-order valence-electron chi connectivity index (χ3n) is 2.33. The SMILES string of the molecule is CC(Nc1ncc(C#N)cc1N)c1ncc[nH]1. The van der Waals surface area contributed by atoms with Gasteiger partial charge in [0, 0.05) is 18.6 Å². The van der Waals surface area contributed by atoms with Crippen molar-refractivity contribution >= 4 is 11.5 Å². The second-order valence-electron chi connectivity index (χ2n) is 3.61. The van der Waals surface area contributed by atoms with Crippen LogP contribution in [0, 0.1) is 11.3 Å². The van der Waals surface area contributed by atoms with Gasteiger partial charge >= 0.3 is 0 Å². The molecule has 0 aliphatic rings. The topological polar surface area (TPSA) is 103 Å². The number of hydrogen-bond acceptors (Lipinski definition) is 5. The standard InChI is InChI=1S/C11H12N6/c1-7(10-14-2-3-15-10)17-11-9(13)4-8(5-12)6-16-11/h2-4,6-7H,13H2,1H3,(H,14,15)(H,16,17). The van der Waals surface area contributed by atoms with E-state index in [9.17, 15) is 0 Å². The first kappa shape index (κ1) is 11.0. The number of nitrogens with zero attached hydrogens (tertiary/aromatic N) is 3. The summed E-state index contributed by atoms with van der Waals surface area (Å²) in [5.41, 5.74) is 6.68. The van der Waals surface area contributed by atoms with E-state index in [0.29, 0.717) is 17.1 Å². The summed E-state index contributed by atoms with van der Waals surface area (Å²) < 4.78 is 0. The Labute approximate surface area is 98.5 Å². The third-order valence-corrected chi connectivity index (χ3v) is 2.33. The minimum atomic E-state index is -0.0345. The first-order valence-electron chi connectivity index (χ1n) is 5.12. The number of H-pyrrole nitrogens is 1. The third kappa shape index (κ3) is 2.34. The molecule has 0 bridgehead atoms. The summed E-state index contributed by atoms with van der Waals surface area (Å²) in [6.07, 6.45) is 4.92. The van der Waals surface area contributed by atoms with Gasteiger partial charge in [-0.1, -0.05) is 0 Å². The van der Waals surface area contributed by atoms with Crippen molar-refractivity contribution < 1.29 is 0 Å². The second-order valence-corrected chi connectivity index (χ2v) is 3.61. The molecule has 2 aromatic rings. The molecule has 0 spiro atoms. The largest absolute Gasteiger partial charge is 0.396 e. The molecule has 1 atom stereocenters. The summed E-state index contributed by atoms with van der Waals surface area (Å²) in [7, 11) is 0. The van der Waals surface area contributed by atoms with E-state index >= 15 is 0 Å². The van der Waals surface area contributed by atoms with Crippen molar-refractivity contribution in [3.63, 3.8) is 0 Å². The molecule has 17 heavy (non-hydrogen) atoms. The molecule has 6 nitrogen and oxygen atoms in total. The average Bonchev–Trinajstić information content (AvgIpc) is 2.85. The fourth-order valence-corrected chi connectivity index (χ4v) is 1.45. The van der Waals surface area contributed by atoms with Crippen LogP contribution in [0.1, 0.15) is 24.4 Å². The molecule has 0 aliphatic carbocycles. The average molecular weight is 228 g/mol. The van der Waals surface area contributed by atoms with Crippen LogP contribution in [0.3, 0.4) is 0 Å². The minimum absolute atomic E-state index is 0.0345. The lowest BCUT2D eigenvalue weighted by Crippen LogP contribution is -2.11. The van der Waals surface area contributed by atoms with Gasteiger partial charge in [-0.3, -0.25) is 0 Å². The van der Waals surface area contributed by atoms with Gasteiger partial charge < -0.3 is 16.0 Å². The maximum Gasteiger partial charge on any atom is 0.149 e. The van der Waals surface area contributed by atoms with Gasteiger partial charge in [0.2, 0.25) is 0 Å². The highest BCUT2D eigenvalue weighted by atomic mass is 15.1. The number of imidazole rings is 1. The van der Waals surface area contributed by atoms with Gasteiger partial charge in [-0.2, -0.15) is 5.26 Å². The maximum atomic E-state index is 8.70. The Bertz CT molecular complexity index is 540.